The summed E-state index contributed by atoms with van der Waals surface area (Å²) < 4.78 is 5.79. The summed E-state index contributed by atoms with van der Waals surface area (Å²) in [5, 5.41) is 34.7. The number of hydrogen-bond acceptors (Lipinski definition) is 7. The van der Waals surface area contributed by atoms with Crippen molar-refractivity contribution in [2.75, 3.05) is 11.5 Å². The Morgan fingerprint density at radius 1 is 0.889 bits per heavy atom. The summed E-state index contributed by atoms with van der Waals surface area (Å²) >= 11 is 0. The predicted molar refractivity (Wildman–Crippen MR) is 97.0 cm³/mol. The lowest BCUT2D eigenvalue weighted by atomic mass is 10.0. The van der Waals surface area contributed by atoms with Crippen molar-refractivity contribution >= 4 is 27.4 Å². The zero-order valence-electron chi connectivity index (χ0n) is 14.7. The van der Waals surface area contributed by atoms with Crippen molar-refractivity contribution in [3.63, 3.8) is 0 Å². The minimum Gasteiger partial charge on any atom is -0.863 e. The van der Waals surface area contributed by atoms with Gasteiger partial charge in [-0.2, -0.15) is 4.28 Å². The molecule has 3 rings (SSSR count). The highest BCUT2D eigenvalue weighted by molar-refractivity contribution is 8.30. The first kappa shape index (κ1) is 19.3. The largest absolute Gasteiger partial charge is 0.863 e. The molecule has 0 radical (unpaired) electrons. The number of nitro benzene ring substituents is 2. The van der Waals surface area contributed by atoms with E-state index in [0.717, 1.165) is 62.5 Å². The van der Waals surface area contributed by atoms with Crippen LogP contribution in [-0.4, -0.2) is 31.5 Å². The first-order valence-corrected chi connectivity index (χ1v) is 10.9. The Morgan fingerprint density at radius 2 is 1.48 bits per heavy atom. The van der Waals surface area contributed by atoms with Crippen LogP contribution in [0.2, 0.25) is 0 Å². The summed E-state index contributed by atoms with van der Waals surface area (Å²) in [4.78, 5) is 32.9. The Morgan fingerprint density at radius 3 is 2.04 bits per heavy atom. The average molecular weight is 399 g/mol. The first-order chi connectivity index (χ1) is 12.8. The van der Waals surface area contributed by atoms with Crippen molar-refractivity contribution in [2.24, 2.45) is 0 Å². The minimum atomic E-state index is -1.76. The molecule has 0 N–H and O–H groups in total. The molecule has 0 amide bonds. The number of nitrogens with zero attached hydrogens (tertiary/aromatic N) is 3. The highest BCUT2D eigenvalue weighted by Crippen LogP contribution is 2.62. The van der Waals surface area contributed by atoms with Crippen LogP contribution < -0.4 is 5.11 Å². The summed E-state index contributed by atoms with van der Waals surface area (Å²) in [5.41, 5.74) is -2.39. The van der Waals surface area contributed by atoms with E-state index in [-0.39, 0.29) is 10.2 Å². The molecule has 1 aromatic rings. The molecule has 0 unspecified atom stereocenters. The van der Waals surface area contributed by atoms with Crippen LogP contribution in [0.4, 0.5) is 17.1 Å². The zero-order valence-corrected chi connectivity index (χ0v) is 15.5. The second-order valence-corrected chi connectivity index (χ2v) is 10.3. The van der Waals surface area contributed by atoms with Crippen molar-refractivity contribution < 1.29 is 24.2 Å². The maximum Gasteiger partial charge on any atom is 0.323 e. The molecule has 2 aliphatic rings. The molecule has 2 fully saturated rings. The van der Waals surface area contributed by atoms with Crippen LogP contribution in [0.15, 0.2) is 12.1 Å². The average Bonchev–Trinajstić information content (AvgIpc) is 3.11. The van der Waals surface area contributed by atoms with Crippen molar-refractivity contribution in [3.05, 3.63) is 37.3 Å². The van der Waals surface area contributed by atoms with Gasteiger partial charge >= 0.3 is 5.69 Å². The molecular formula is C16H21N3O7S. The Balaban J connectivity index is 1.94. The van der Waals surface area contributed by atoms with Gasteiger partial charge in [0, 0.05) is 16.8 Å². The molecule has 1 aliphatic heterocycles. The van der Waals surface area contributed by atoms with Gasteiger partial charge in [-0.1, -0.05) is 19.3 Å². The van der Waals surface area contributed by atoms with E-state index in [1.807, 2.05) is 0 Å². The van der Waals surface area contributed by atoms with Gasteiger partial charge in [0.15, 0.2) is 0 Å². The number of nitro groups is 2. The summed E-state index contributed by atoms with van der Waals surface area (Å²) in [6.07, 6.45) is 7.06. The van der Waals surface area contributed by atoms with Crippen molar-refractivity contribution in [1.29, 1.82) is 0 Å². The molecule has 0 bridgehead atoms. The van der Waals surface area contributed by atoms with Gasteiger partial charge in [-0.15, -0.1) is 0 Å². The van der Waals surface area contributed by atoms with Gasteiger partial charge in [-0.3, -0.25) is 20.2 Å². The lowest BCUT2D eigenvalue weighted by Crippen LogP contribution is -2.27. The Bertz CT molecular complexity index is 774. The lowest BCUT2D eigenvalue weighted by molar-refractivity contribution is -0.699. The van der Waals surface area contributed by atoms with Gasteiger partial charge in [0.2, 0.25) is 0 Å². The first-order valence-electron chi connectivity index (χ1n) is 8.92. The van der Waals surface area contributed by atoms with Crippen molar-refractivity contribution in [1.82, 2.24) is 0 Å². The molecule has 0 atom stereocenters. The highest BCUT2D eigenvalue weighted by atomic mass is 32.3. The fourth-order valence-corrected chi connectivity index (χ4v) is 7.96. The van der Waals surface area contributed by atoms with E-state index >= 15 is 0 Å². The van der Waals surface area contributed by atoms with E-state index in [0.29, 0.717) is 6.07 Å². The SMILES string of the molecule is O=[N+]([O-])c1cc([N+](=O)[O-])c([O-])c([N+](=O)OS2(C3CCCCC3)CCCC2)c1. The van der Waals surface area contributed by atoms with Gasteiger partial charge in [-0.05, 0) is 36.0 Å². The Hall–Kier alpha value is -2.43. The molecule has 1 saturated carbocycles. The topological polar surface area (TPSA) is 139 Å². The Labute approximate surface area is 156 Å². The van der Waals surface area contributed by atoms with Gasteiger partial charge in [0.25, 0.3) is 16.3 Å². The quantitative estimate of drug-likeness (QED) is 0.524. The van der Waals surface area contributed by atoms with Gasteiger partial charge in [0.1, 0.15) is 0 Å². The van der Waals surface area contributed by atoms with Crippen LogP contribution in [0.25, 0.3) is 0 Å². The normalized spacial score (nSPS) is 20.7. The second-order valence-electron chi connectivity index (χ2n) is 6.90. The fraction of sp³-hybridized carbons (Fsp3) is 0.625. The molecule has 0 aromatic heterocycles. The van der Waals surface area contributed by atoms with Crippen LogP contribution in [0.1, 0.15) is 44.9 Å². The molecule has 10 nitrogen and oxygen atoms in total. The molecule has 27 heavy (non-hydrogen) atoms. The van der Waals surface area contributed by atoms with Crippen LogP contribution in [0, 0.1) is 25.1 Å². The molecule has 11 heteroatoms. The van der Waals surface area contributed by atoms with Crippen LogP contribution in [0.5, 0.6) is 5.75 Å². The van der Waals surface area contributed by atoms with Crippen molar-refractivity contribution in [2.45, 2.75) is 50.2 Å². The number of non-ortho nitro benzene ring substituents is 1. The highest BCUT2D eigenvalue weighted by Gasteiger charge is 2.45. The van der Waals surface area contributed by atoms with E-state index in [1.54, 1.807) is 0 Å². The molecule has 148 valence electrons. The van der Waals surface area contributed by atoms with E-state index in [4.69, 9.17) is 4.28 Å². The van der Waals surface area contributed by atoms with Crippen LogP contribution in [-0.2, 0) is 4.28 Å². The molecule has 1 saturated heterocycles. The van der Waals surface area contributed by atoms with E-state index in [9.17, 15) is 30.2 Å². The molecule has 1 aliphatic carbocycles. The fourth-order valence-electron chi connectivity index (χ4n) is 3.89. The predicted octanol–water partition coefficient (Wildman–Crippen LogP) is 3.76. The molecule has 1 heterocycles. The molecular weight excluding hydrogens is 378 g/mol. The smallest absolute Gasteiger partial charge is 0.323 e. The van der Waals surface area contributed by atoms with Crippen LogP contribution in [0.3, 0.4) is 0 Å². The second kappa shape index (κ2) is 7.67. The summed E-state index contributed by atoms with van der Waals surface area (Å²) in [5.74, 6) is 0.334. The van der Waals surface area contributed by atoms with E-state index < -0.39 is 43.0 Å². The maximum atomic E-state index is 12.7. The monoisotopic (exact) mass is 399 g/mol. The van der Waals surface area contributed by atoms with E-state index in [2.05, 4.69) is 0 Å². The minimum absolute atomic E-state index is 0.0115. The maximum absolute atomic E-state index is 12.7. The standard InChI is InChI=1S/C16H21N3O7S/c20-16-14(18(23)24)10-12(17(21)22)11-15(16)19(25)26-27(8-4-5-9-27)13-6-2-1-3-7-13/h10-11,13H,1-9H2. The van der Waals surface area contributed by atoms with Crippen LogP contribution >= 0.6 is 10.3 Å². The molecule has 0 spiro atoms. The van der Waals surface area contributed by atoms with Gasteiger partial charge in [-0.25, -0.2) is 0 Å². The van der Waals surface area contributed by atoms with Crippen molar-refractivity contribution in [3.8, 4) is 5.75 Å². The van der Waals surface area contributed by atoms with Gasteiger partial charge in [0.05, 0.1) is 32.6 Å². The lowest BCUT2D eigenvalue weighted by Gasteiger charge is -2.38. The third kappa shape index (κ3) is 3.82. The number of hydrogen-bond donors (Lipinski definition) is 0. The summed E-state index contributed by atoms with van der Waals surface area (Å²) in [7, 11) is -1.76. The summed E-state index contributed by atoms with van der Waals surface area (Å²) in [6.45, 7) is 0. The zero-order chi connectivity index (χ0) is 19.6. The van der Waals surface area contributed by atoms with Gasteiger partial charge < -0.3 is 5.11 Å². The molecule has 1 aromatic carbocycles. The Kier molecular flexibility index (Phi) is 5.49. The summed E-state index contributed by atoms with van der Waals surface area (Å²) in [6, 6.07) is 1.32. The third-order valence-electron chi connectivity index (χ3n) is 5.24. The third-order valence-corrected chi connectivity index (χ3v) is 9.32. The van der Waals surface area contributed by atoms with E-state index in [1.165, 1.54) is 0 Å². The number of benzene rings is 1. The number of rotatable bonds is 6.